The molecule has 5 nitrogen and oxygen atoms in total. The summed E-state index contributed by atoms with van der Waals surface area (Å²) in [6.07, 6.45) is 2.24. The standard InChI is InChI=1S/C17H19O2S.CHF3O3S/c1-13-4-6-15(7-5-13)12-20(3)17-10-8-16(9-11-17)19-14(2)18;2-1(3,4)8(5,6)7/h4-11H,12H2,1-3H3;(H,5,6,7)/q+1;/p-1. The summed E-state index contributed by atoms with van der Waals surface area (Å²) >= 11 is 0. The molecule has 2 aromatic rings. The highest BCUT2D eigenvalue weighted by molar-refractivity contribution is 7.95. The molecular formula is C18H19F3O5S2. The summed E-state index contributed by atoms with van der Waals surface area (Å²) in [5.41, 5.74) is -3.01. The summed E-state index contributed by atoms with van der Waals surface area (Å²) in [7, 11) is -5.94. The second-order valence-corrected chi connectivity index (χ2v) is 9.14. The molecule has 1 unspecified atom stereocenters. The minimum Gasteiger partial charge on any atom is -0.741 e. The number of aryl methyl sites for hydroxylation is 1. The Balaban J connectivity index is 0.000000416. The van der Waals surface area contributed by atoms with Crippen LogP contribution >= 0.6 is 0 Å². The van der Waals surface area contributed by atoms with Crippen molar-refractivity contribution in [1.82, 2.24) is 0 Å². The molecule has 0 aliphatic heterocycles. The third-order valence-corrected chi connectivity index (χ3v) is 5.69. The van der Waals surface area contributed by atoms with Crippen molar-refractivity contribution in [2.75, 3.05) is 6.26 Å². The van der Waals surface area contributed by atoms with Gasteiger partial charge in [-0.15, -0.1) is 0 Å². The molecule has 0 N–H and O–H groups in total. The highest BCUT2D eigenvalue weighted by Crippen LogP contribution is 2.21. The van der Waals surface area contributed by atoms with E-state index in [0.717, 1.165) is 5.75 Å². The van der Waals surface area contributed by atoms with Crippen molar-refractivity contribution in [1.29, 1.82) is 0 Å². The molecule has 2 aromatic carbocycles. The predicted octanol–water partition coefficient (Wildman–Crippen LogP) is 3.78. The molecule has 0 radical (unpaired) electrons. The average molecular weight is 436 g/mol. The van der Waals surface area contributed by atoms with Gasteiger partial charge >= 0.3 is 11.5 Å². The first-order chi connectivity index (χ1) is 12.8. The number of ether oxygens (including phenoxy) is 1. The molecule has 2 rings (SSSR count). The van der Waals surface area contributed by atoms with E-state index in [1.807, 2.05) is 24.3 Å². The van der Waals surface area contributed by atoms with Gasteiger partial charge in [-0.25, -0.2) is 8.42 Å². The molecule has 0 bridgehead atoms. The lowest BCUT2D eigenvalue weighted by molar-refractivity contribution is -0.131. The normalized spacial score (nSPS) is 12.5. The van der Waals surface area contributed by atoms with Crippen LogP contribution in [0.1, 0.15) is 18.1 Å². The average Bonchev–Trinajstić information content (AvgIpc) is 2.56. The van der Waals surface area contributed by atoms with Crippen LogP contribution in [0.4, 0.5) is 13.2 Å². The molecule has 0 saturated heterocycles. The van der Waals surface area contributed by atoms with E-state index in [4.69, 9.17) is 17.7 Å². The van der Waals surface area contributed by atoms with E-state index in [1.54, 1.807) is 0 Å². The molecule has 0 amide bonds. The van der Waals surface area contributed by atoms with Crippen molar-refractivity contribution >= 4 is 27.0 Å². The van der Waals surface area contributed by atoms with Gasteiger partial charge in [-0.2, -0.15) is 13.2 Å². The van der Waals surface area contributed by atoms with Crippen molar-refractivity contribution in [3.05, 3.63) is 59.7 Å². The quantitative estimate of drug-likeness (QED) is 0.239. The Bertz CT molecular complexity index is 877. The Kier molecular flexibility index (Phi) is 8.52. The van der Waals surface area contributed by atoms with Crippen molar-refractivity contribution in [2.45, 2.75) is 30.0 Å². The van der Waals surface area contributed by atoms with E-state index in [9.17, 15) is 18.0 Å². The van der Waals surface area contributed by atoms with Gasteiger partial charge in [0.2, 0.25) is 0 Å². The number of esters is 1. The van der Waals surface area contributed by atoms with Gasteiger partial charge in [0, 0.05) is 23.4 Å². The Hall–Kier alpha value is -2.04. The molecule has 0 aliphatic carbocycles. The fourth-order valence-electron chi connectivity index (χ4n) is 1.92. The zero-order valence-electron chi connectivity index (χ0n) is 15.3. The number of carbonyl (C=O) groups is 1. The number of rotatable bonds is 4. The number of carbonyl (C=O) groups excluding carboxylic acids is 1. The summed E-state index contributed by atoms with van der Waals surface area (Å²) in [6, 6.07) is 16.5. The lowest BCUT2D eigenvalue weighted by Gasteiger charge is -2.08. The number of halogens is 3. The molecule has 0 saturated carbocycles. The van der Waals surface area contributed by atoms with Gasteiger partial charge in [-0.05, 0) is 31.2 Å². The SMILES string of the molecule is CC(=O)Oc1ccc([S+](C)Cc2ccc(C)cc2)cc1.O=S(=O)([O-])C(F)(F)F. The second kappa shape index (κ2) is 9.94. The lowest BCUT2D eigenvalue weighted by atomic mass is 10.2. The van der Waals surface area contributed by atoms with Gasteiger partial charge in [-0.1, -0.05) is 29.8 Å². The van der Waals surface area contributed by atoms with E-state index in [-0.39, 0.29) is 16.9 Å². The van der Waals surface area contributed by atoms with Crippen LogP contribution in [0.5, 0.6) is 5.75 Å². The van der Waals surface area contributed by atoms with E-state index in [0.29, 0.717) is 5.75 Å². The summed E-state index contributed by atoms with van der Waals surface area (Å²) in [5.74, 6) is 1.36. The van der Waals surface area contributed by atoms with Gasteiger partial charge in [0.25, 0.3) is 0 Å². The zero-order chi connectivity index (χ0) is 21.5. The lowest BCUT2D eigenvalue weighted by Crippen LogP contribution is -2.21. The molecule has 0 spiro atoms. The first kappa shape index (κ1) is 24.0. The molecule has 0 fully saturated rings. The number of benzene rings is 2. The second-order valence-electron chi connectivity index (χ2n) is 5.73. The van der Waals surface area contributed by atoms with Crippen LogP contribution in [0.3, 0.4) is 0 Å². The Morgan fingerprint density at radius 1 is 1.07 bits per heavy atom. The van der Waals surface area contributed by atoms with Crippen molar-refractivity contribution in [3.8, 4) is 5.75 Å². The number of hydrogen-bond acceptors (Lipinski definition) is 5. The van der Waals surface area contributed by atoms with E-state index in [1.165, 1.54) is 22.9 Å². The first-order valence-corrected chi connectivity index (χ1v) is 11.0. The highest BCUT2D eigenvalue weighted by Gasteiger charge is 2.36. The molecule has 28 heavy (non-hydrogen) atoms. The van der Waals surface area contributed by atoms with Crippen molar-refractivity contribution in [2.24, 2.45) is 0 Å². The largest absolute Gasteiger partial charge is 0.741 e. The molecule has 0 aromatic heterocycles. The zero-order valence-corrected chi connectivity index (χ0v) is 17.0. The molecule has 0 heterocycles. The van der Waals surface area contributed by atoms with Gasteiger partial charge in [-0.3, -0.25) is 4.79 Å². The summed E-state index contributed by atoms with van der Waals surface area (Å²) in [6.45, 7) is 3.51. The van der Waals surface area contributed by atoms with E-state index < -0.39 is 15.6 Å². The molecular weight excluding hydrogens is 417 g/mol. The van der Waals surface area contributed by atoms with Gasteiger partial charge in [0.1, 0.15) is 17.8 Å². The third kappa shape index (κ3) is 8.32. The summed E-state index contributed by atoms with van der Waals surface area (Å²) < 4.78 is 63.9. The fourth-order valence-corrected chi connectivity index (χ4v) is 3.38. The van der Waals surface area contributed by atoms with E-state index >= 15 is 0 Å². The van der Waals surface area contributed by atoms with Gasteiger partial charge in [0.05, 0.1) is 0 Å². The molecule has 1 atom stereocenters. The van der Waals surface area contributed by atoms with Gasteiger partial charge in [0.15, 0.2) is 15.0 Å². The first-order valence-electron chi connectivity index (χ1n) is 7.78. The van der Waals surface area contributed by atoms with E-state index in [2.05, 4.69) is 37.4 Å². The monoisotopic (exact) mass is 436 g/mol. The number of hydrogen-bond donors (Lipinski definition) is 0. The van der Waals surface area contributed by atoms with Crippen LogP contribution in [0, 0.1) is 6.92 Å². The van der Waals surface area contributed by atoms with Crippen LogP contribution in [-0.4, -0.2) is 30.7 Å². The fraction of sp³-hybridized carbons (Fsp3) is 0.278. The Morgan fingerprint density at radius 3 is 1.93 bits per heavy atom. The summed E-state index contributed by atoms with van der Waals surface area (Å²) in [5, 5.41) is 0. The Morgan fingerprint density at radius 2 is 1.54 bits per heavy atom. The maximum absolute atomic E-state index is 10.9. The highest BCUT2D eigenvalue weighted by atomic mass is 32.2. The van der Waals surface area contributed by atoms with Crippen molar-refractivity contribution < 1.29 is 35.7 Å². The Labute approximate surface area is 164 Å². The topological polar surface area (TPSA) is 83.5 Å². The predicted molar refractivity (Wildman–Crippen MR) is 99.9 cm³/mol. The molecule has 10 heteroatoms. The van der Waals surface area contributed by atoms with Crippen LogP contribution in [-0.2, 0) is 31.6 Å². The third-order valence-electron chi connectivity index (χ3n) is 3.27. The number of alkyl halides is 3. The van der Waals surface area contributed by atoms with Gasteiger partial charge < -0.3 is 9.29 Å². The molecule has 154 valence electrons. The smallest absolute Gasteiger partial charge is 0.485 e. The van der Waals surface area contributed by atoms with Crippen LogP contribution in [0.15, 0.2) is 53.4 Å². The molecule has 0 aliphatic rings. The maximum Gasteiger partial charge on any atom is 0.485 e. The maximum atomic E-state index is 10.9. The van der Waals surface area contributed by atoms with Crippen LogP contribution in [0.2, 0.25) is 0 Å². The van der Waals surface area contributed by atoms with Crippen molar-refractivity contribution in [3.63, 3.8) is 0 Å². The minimum atomic E-state index is -6.09. The minimum absolute atomic E-state index is 0.148. The van der Waals surface area contributed by atoms with Crippen LogP contribution in [0.25, 0.3) is 0 Å². The van der Waals surface area contributed by atoms with Crippen LogP contribution < -0.4 is 4.74 Å². The summed E-state index contributed by atoms with van der Waals surface area (Å²) in [4.78, 5) is 12.2.